The number of hydrogen-bond acceptors (Lipinski definition) is 5. The van der Waals surface area contributed by atoms with Crippen molar-refractivity contribution in [3.63, 3.8) is 0 Å². The van der Waals surface area contributed by atoms with Gasteiger partial charge in [-0.05, 0) is 37.3 Å². The van der Waals surface area contributed by atoms with E-state index in [1.165, 1.54) is 6.07 Å². The molecule has 27 heavy (non-hydrogen) atoms. The van der Waals surface area contributed by atoms with Crippen LogP contribution < -0.4 is 10.1 Å². The molecular formula is C19H17F2NO5. The van der Waals surface area contributed by atoms with Crippen molar-refractivity contribution in [1.82, 2.24) is 5.32 Å². The third kappa shape index (κ3) is 5.60. The Morgan fingerprint density at radius 3 is 2.48 bits per heavy atom. The van der Waals surface area contributed by atoms with Crippen LogP contribution >= 0.6 is 0 Å². The molecule has 0 heterocycles. The molecule has 0 aliphatic heterocycles. The van der Waals surface area contributed by atoms with Gasteiger partial charge in [-0.25, -0.2) is 8.78 Å². The highest BCUT2D eigenvalue weighted by atomic mass is 19.2. The fourth-order valence-electron chi connectivity index (χ4n) is 2.13. The lowest BCUT2D eigenvalue weighted by Gasteiger charge is -2.10. The van der Waals surface area contributed by atoms with Crippen molar-refractivity contribution in [1.29, 1.82) is 0 Å². The number of Topliss-reactive ketones (excluding diaryl/α,β-unsaturated/α-hetero) is 1. The quantitative estimate of drug-likeness (QED) is 0.565. The van der Waals surface area contributed by atoms with E-state index in [-0.39, 0.29) is 11.1 Å². The third-order valence-corrected chi connectivity index (χ3v) is 3.43. The topological polar surface area (TPSA) is 81.7 Å². The first-order valence-corrected chi connectivity index (χ1v) is 8.06. The van der Waals surface area contributed by atoms with Gasteiger partial charge in [-0.3, -0.25) is 14.4 Å². The number of carbonyl (C=O) groups is 3. The van der Waals surface area contributed by atoms with Crippen LogP contribution in [0.1, 0.15) is 27.6 Å². The maximum atomic E-state index is 13.1. The average Bonchev–Trinajstić information content (AvgIpc) is 2.67. The summed E-state index contributed by atoms with van der Waals surface area (Å²) in [5.41, 5.74) is 0.126. The number of para-hydroxylation sites is 1. The van der Waals surface area contributed by atoms with E-state index < -0.39 is 42.4 Å². The van der Waals surface area contributed by atoms with Crippen molar-refractivity contribution < 1.29 is 32.6 Å². The molecule has 0 atom stereocenters. The lowest BCUT2D eigenvalue weighted by atomic mass is 10.1. The molecule has 0 spiro atoms. The van der Waals surface area contributed by atoms with E-state index in [2.05, 4.69) is 5.32 Å². The van der Waals surface area contributed by atoms with Crippen molar-refractivity contribution in [3.05, 3.63) is 65.2 Å². The molecule has 0 saturated carbocycles. The van der Waals surface area contributed by atoms with Gasteiger partial charge in [0, 0.05) is 5.56 Å². The molecule has 8 heteroatoms. The Morgan fingerprint density at radius 2 is 1.78 bits per heavy atom. The molecular weight excluding hydrogens is 360 g/mol. The molecule has 142 valence electrons. The number of halogens is 2. The molecule has 0 aliphatic carbocycles. The fourth-order valence-corrected chi connectivity index (χ4v) is 2.13. The minimum absolute atomic E-state index is 0.128. The van der Waals surface area contributed by atoms with E-state index in [0.717, 1.165) is 18.2 Å². The van der Waals surface area contributed by atoms with E-state index in [0.29, 0.717) is 12.4 Å². The zero-order chi connectivity index (χ0) is 19.8. The highest BCUT2D eigenvalue weighted by Gasteiger charge is 2.15. The molecule has 0 unspecified atom stereocenters. The molecule has 2 rings (SSSR count). The van der Waals surface area contributed by atoms with Gasteiger partial charge in [-0.2, -0.15) is 0 Å². The van der Waals surface area contributed by atoms with Crippen LogP contribution in [0.25, 0.3) is 0 Å². The highest BCUT2D eigenvalue weighted by molar-refractivity contribution is 5.99. The van der Waals surface area contributed by atoms with E-state index in [1.807, 2.05) is 0 Å². The summed E-state index contributed by atoms with van der Waals surface area (Å²) in [4.78, 5) is 35.6. The lowest BCUT2D eigenvalue weighted by molar-refractivity contribution is -0.141. The van der Waals surface area contributed by atoms with Gasteiger partial charge in [0.15, 0.2) is 24.0 Å². The number of amides is 1. The van der Waals surface area contributed by atoms with E-state index in [1.54, 1.807) is 25.1 Å². The largest absolute Gasteiger partial charge is 0.493 e. The highest BCUT2D eigenvalue weighted by Crippen LogP contribution is 2.17. The molecule has 0 fully saturated rings. The molecule has 6 nitrogen and oxygen atoms in total. The van der Waals surface area contributed by atoms with Gasteiger partial charge in [0.1, 0.15) is 12.3 Å². The van der Waals surface area contributed by atoms with Crippen LogP contribution in [-0.2, 0) is 9.53 Å². The first kappa shape index (κ1) is 20.0. The number of ketones is 1. The maximum absolute atomic E-state index is 13.1. The summed E-state index contributed by atoms with van der Waals surface area (Å²) in [6.07, 6.45) is 0. The van der Waals surface area contributed by atoms with Crippen LogP contribution in [0.3, 0.4) is 0 Å². The molecule has 0 aromatic heterocycles. The number of hydrogen-bond donors (Lipinski definition) is 1. The second-order valence-electron chi connectivity index (χ2n) is 5.32. The molecule has 1 N–H and O–H groups in total. The Balaban J connectivity index is 1.84. The summed E-state index contributed by atoms with van der Waals surface area (Å²) in [7, 11) is 0. The van der Waals surface area contributed by atoms with Gasteiger partial charge in [0.2, 0.25) is 0 Å². The zero-order valence-electron chi connectivity index (χ0n) is 14.5. The number of rotatable bonds is 8. The van der Waals surface area contributed by atoms with Gasteiger partial charge >= 0.3 is 5.97 Å². The van der Waals surface area contributed by atoms with Gasteiger partial charge in [-0.1, -0.05) is 12.1 Å². The van der Waals surface area contributed by atoms with Crippen LogP contribution in [0, 0.1) is 11.6 Å². The Bertz CT molecular complexity index is 854. The Kier molecular flexibility index (Phi) is 6.99. The van der Waals surface area contributed by atoms with Crippen LogP contribution in [0.2, 0.25) is 0 Å². The van der Waals surface area contributed by atoms with Crippen molar-refractivity contribution in [3.8, 4) is 5.75 Å². The predicted octanol–water partition coefficient (Wildman–Crippen LogP) is 2.52. The summed E-state index contributed by atoms with van der Waals surface area (Å²) in [5, 5.41) is 2.36. The summed E-state index contributed by atoms with van der Waals surface area (Å²) in [5.74, 6) is -3.98. The molecule has 0 aliphatic rings. The Labute approximate surface area is 154 Å². The molecule has 1 amide bonds. The van der Waals surface area contributed by atoms with E-state index >= 15 is 0 Å². The average molecular weight is 377 g/mol. The number of carbonyl (C=O) groups excluding carboxylic acids is 3. The summed E-state index contributed by atoms with van der Waals surface area (Å²) in [6, 6.07) is 9.13. The van der Waals surface area contributed by atoms with Crippen molar-refractivity contribution in [2.75, 3.05) is 19.8 Å². The molecule has 0 radical (unpaired) electrons. The first-order valence-electron chi connectivity index (χ1n) is 8.06. The number of benzene rings is 2. The minimum atomic E-state index is -1.17. The van der Waals surface area contributed by atoms with Crippen LogP contribution in [0.4, 0.5) is 8.78 Å². The maximum Gasteiger partial charge on any atom is 0.325 e. The minimum Gasteiger partial charge on any atom is -0.493 e. The molecule has 0 bridgehead atoms. The normalized spacial score (nSPS) is 10.2. The van der Waals surface area contributed by atoms with Gasteiger partial charge in [-0.15, -0.1) is 0 Å². The van der Waals surface area contributed by atoms with Gasteiger partial charge < -0.3 is 14.8 Å². The SMILES string of the molecule is CCOc1ccccc1C(=O)NCC(=O)OCC(=O)c1ccc(F)c(F)c1. The van der Waals surface area contributed by atoms with Crippen molar-refractivity contribution in [2.24, 2.45) is 0 Å². The molecule has 2 aromatic carbocycles. The summed E-state index contributed by atoms with van der Waals surface area (Å²) in [6.45, 7) is 1.02. The fraction of sp³-hybridized carbons (Fsp3) is 0.211. The Hall–Kier alpha value is -3.29. The van der Waals surface area contributed by atoms with Gasteiger partial charge in [0.05, 0.1) is 12.2 Å². The zero-order valence-corrected chi connectivity index (χ0v) is 14.5. The monoisotopic (exact) mass is 377 g/mol. The smallest absolute Gasteiger partial charge is 0.325 e. The Morgan fingerprint density at radius 1 is 1.04 bits per heavy atom. The predicted molar refractivity (Wildman–Crippen MR) is 91.6 cm³/mol. The number of ether oxygens (including phenoxy) is 2. The number of esters is 1. The van der Waals surface area contributed by atoms with E-state index in [4.69, 9.17) is 9.47 Å². The lowest BCUT2D eigenvalue weighted by Crippen LogP contribution is -2.31. The van der Waals surface area contributed by atoms with Crippen LogP contribution in [-0.4, -0.2) is 37.4 Å². The summed E-state index contributed by atoms with van der Waals surface area (Å²) < 4.78 is 36.0. The second-order valence-corrected chi connectivity index (χ2v) is 5.32. The van der Waals surface area contributed by atoms with Crippen LogP contribution in [0.5, 0.6) is 5.75 Å². The van der Waals surface area contributed by atoms with Crippen LogP contribution in [0.15, 0.2) is 42.5 Å². The summed E-state index contributed by atoms with van der Waals surface area (Å²) >= 11 is 0. The van der Waals surface area contributed by atoms with Crippen molar-refractivity contribution >= 4 is 17.7 Å². The standard InChI is InChI=1S/C19H17F2NO5/c1-2-26-17-6-4-3-5-13(17)19(25)22-10-18(24)27-11-16(23)12-7-8-14(20)15(21)9-12/h3-9H,2,10-11H2,1H3,(H,22,25). The van der Waals surface area contributed by atoms with Crippen molar-refractivity contribution in [2.45, 2.75) is 6.92 Å². The van der Waals surface area contributed by atoms with E-state index in [9.17, 15) is 23.2 Å². The molecule has 2 aromatic rings. The molecule has 0 saturated heterocycles. The van der Waals surface area contributed by atoms with Gasteiger partial charge in [0.25, 0.3) is 5.91 Å². The third-order valence-electron chi connectivity index (χ3n) is 3.43. The second kappa shape index (κ2) is 9.42. The first-order chi connectivity index (χ1) is 12.9. The number of nitrogens with one attached hydrogen (secondary N) is 1.